The SMILES string of the molecule is COC(=O)[C@@H](Cc1ccc(O)c([N+](=O)[O-])c1)NC(=O)CCC(=O)OCC(=O)[C@]1(O)CC[C@H]2[C@@H]3CCC4=CC(=O)C=C[C@]4(C)[C@H]3[C@@H](O)C[C@@]21C. The number of amides is 1. The van der Waals surface area contributed by atoms with Crippen LogP contribution in [0.5, 0.6) is 5.75 Å². The van der Waals surface area contributed by atoms with E-state index in [0.717, 1.165) is 31.2 Å². The van der Waals surface area contributed by atoms with E-state index in [9.17, 15) is 49.4 Å². The van der Waals surface area contributed by atoms with Gasteiger partial charge in [-0.1, -0.05) is 31.6 Å². The molecule has 4 N–H and O–H groups in total. The third-order valence-corrected chi connectivity index (χ3v) is 11.5. The summed E-state index contributed by atoms with van der Waals surface area (Å²) in [4.78, 5) is 73.5. The molecule has 4 aliphatic carbocycles. The van der Waals surface area contributed by atoms with Crippen LogP contribution in [0.4, 0.5) is 5.69 Å². The molecule has 0 bridgehead atoms. The minimum atomic E-state index is -1.84. The van der Waals surface area contributed by atoms with E-state index in [4.69, 9.17) is 9.47 Å². The molecule has 0 spiro atoms. The van der Waals surface area contributed by atoms with Gasteiger partial charge in [0.15, 0.2) is 18.1 Å². The Hall–Kier alpha value is -4.43. The molecule has 1 aromatic rings. The number of esters is 2. The zero-order valence-electron chi connectivity index (χ0n) is 27.7. The molecule has 0 unspecified atom stereocenters. The number of aliphatic hydroxyl groups excluding tert-OH is 1. The van der Waals surface area contributed by atoms with Crippen LogP contribution in [0.3, 0.4) is 0 Å². The van der Waals surface area contributed by atoms with Crippen molar-refractivity contribution in [1.82, 2.24) is 5.32 Å². The number of nitrogens with zero attached hydrogens (tertiary/aromatic N) is 1. The first kappa shape index (κ1) is 35.9. The number of aliphatic hydroxyl groups is 2. The van der Waals surface area contributed by atoms with Gasteiger partial charge in [0.25, 0.3) is 0 Å². The largest absolute Gasteiger partial charge is 0.502 e. The third kappa shape index (κ3) is 6.51. The number of nitrogens with one attached hydrogen (secondary N) is 1. The minimum Gasteiger partial charge on any atom is -0.502 e. The Morgan fingerprint density at radius 3 is 2.59 bits per heavy atom. The molecule has 14 nitrogen and oxygen atoms in total. The van der Waals surface area contributed by atoms with Gasteiger partial charge < -0.3 is 30.1 Å². The Labute approximate surface area is 282 Å². The maximum Gasteiger partial charge on any atom is 0.328 e. The van der Waals surface area contributed by atoms with Gasteiger partial charge in [0, 0.05) is 35.7 Å². The van der Waals surface area contributed by atoms with Crippen molar-refractivity contribution in [3.8, 4) is 5.75 Å². The second kappa shape index (κ2) is 13.5. The summed E-state index contributed by atoms with van der Waals surface area (Å²) >= 11 is 0. The van der Waals surface area contributed by atoms with Crippen molar-refractivity contribution >= 4 is 35.1 Å². The van der Waals surface area contributed by atoms with Crippen molar-refractivity contribution in [2.75, 3.05) is 13.7 Å². The summed E-state index contributed by atoms with van der Waals surface area (Å²) in [5, 5.41) is 46.6. The number of carbonyl (C=O) groups excluding carboxylic acids is 5. The van der Waals surface area contributed by atoms with Gasteiger partial charge in [0.1, 0.15) is 11.6 Å². The molecule has 1 aromatic carbocycles. The Balaban J connectivity index is 1.16. The number of phenolic OH excluding ortho intramolecular Hbond substituents is 1. The van der Waals surface area contributed by atoms with E-state index in [1.54, 1.807) is 12.2 Å². The number of hydrogen-bond acceptors (Lipinski definition) is 12. The number of ether oxygens (including phenoxy) is 2. The molecular weight excluding hydrogens is 640 g/mol. The highest BCUT2D eigenvalue weighted by Crippen LogP contribution is 2.67. The molecule has 0 saturated heterocycles. The van der Waals surface area contributed by atoms with Crippen LogP contribution in [0.1, 0.15) is 64.4 Å². The summed E-state index contributed by atoms with van der Waals surface area (Å²) in [6, 6.07) is 2.27. The lowest BCUT2D eigenvalue weighted by atomic mass is 9.46. The van der Waals surface area contributed by atoms with Crippen LogP contribution in [0.25, 0.3) is 0 Å². The Morgan fingerprint density at radius 1 is 1.16 bits per heavy atom. The van der Waals surface area contributed by atoms with Crippen LogP contribution < -0.4 is 5.32 Å². The first-order valence-electron chi connectivity index (χ1n) is 16.4. The summed E-state index contributed by atoms with van der Waals surface area (Å²) in [6.07, 6.45) is 5.48. The first-order valence-corrected chi connectivity index (χ1v) is 16.4. The number of phenols is 1. The van der Waals surface area contributed by atoms with Crippen LogP contribution in [0, 0.1) is 38.7 Å². The van der Waals surface area contributed by atoms with Crippen LogP contribution >= 0.6 is 0 Å². The van der Waals surface area contributed by atoms with E-state index in [1.165, 1.54) is 6.07 Å². The van der Waals surface area contributed by atoms with Gasteiger partial charge in [0.2, 0.25) is 11.7 Å². The number of hydrogen-bond donors (Lipinski definition) is 4. The number of allylic oxidation sites excluding steroid dienone is 4. The zero-order chi connectivity index (χ0) is 35.9. The van der Waals surface area contributed by atoms with E-state index >= 15 is 0 Å². The van der Waals surface area contributed by atoms with E-state index in [0.29, 0.717) is 12.8 Å². The molecule has 4 aliphatic rings. The summed E-state index contributed by atoms with van der Waals surface area (Å²) in [5.41, 5.74) is -2.61. The number of carbonyl (C=O) groups is 5. The number of rotatable bonds is 11. The lowest BCUT2D eigenvalue weighted by Crippen LogP contribution is -2.61. The van der Waals surface area contributed by atoms with E-state index in [1.807, 2.05) is 19.9 Å². The van der Waals surface area contributed by atoms with Crippen molar-refractivity contribution in [2.45, 2.75) is 83.0 Å². The van der Waals surface area contributed by atoms with Gasteiger partial charge in [-0.2, -0.15) is 0 Å². The number of methoxy groups -OCH3 is 1. The molecule has 3 saturated carbocycles. The summed E-state index contributed by atoms with van der Waals surface area (Å²) in [7, 11) is 1.10. The average Bonchev–Trinajstić information content (AvgIpc) is 3.33. The highest BCUT2D eigenvalue weighted by Gasteiger charge is 2.68. The van der Waals surface area contributed by atoms with Gasteiger partial charge in [-0.3, -0.25) is 29.3 Å². The number of fused-ring (bicyclic) bond motifs is 5. The number of benzene rings is 1. The Bertz CT molecular complexity index is 1640. The second-order valence-electron chi connectivity index (χ2n) is 14.1. The van der Waals surface area contributed by atoms with E-state index < -0.39 is 88.0 Å². The third-order valence-electron chi connectivity index (χ3n) is 11.5. The van der Waals surface area contributed by atoms with Crippen LogP contribution in [0.15, 0.2) is 42.0 Å². The van der Waals surface area contributed by atoms with Crippen molar-refractivity contribution in [1.29, 1.82) is 0 Å². The predicted octanol–water partition coefficient (Wildman–Crippen LogP) is 2.40. The molecular formula is C35H42N2O12. The molecule has 1 amide bonds. The normalized spacial score (nSPS) is 32.1. The van der Waals surface area contributed by atoms with Gasteiger partial charge in [-0.15, -0.1) is 0 Å². The maximum atomic E-state index is 13.5. The van der Waals surface area contributed by atoms with Crippen LogP contribution in [-0.2, 0) is 39.9 Å². The molecule has 0 aliphatic heterocycles. The number of Topliss-reactive ketones (excluding diaryl/α,β-unsaturated/α-hetero) is 1. The number of nitro benzene ring substituents is 1. The molecule has 0 radical (unpaired) electrons. The molecule has 264 valence electrons. The van der Waals surface area contributed by atoms with Crippen LogP contribution in [-0.4, -0.2) is 81.1 Å². The summed E-state index contributed by atoms with van der Waals surface area (Å²) in [5.74, 6) is -3.98. The monoisotopic (exact) mass is 682 g/mol. The molecule has 3 fully saturated rings. The fraction of sp³-hybridized carbons (Fsp3) is 0.571. The number of ketones is 2. The van der Waals surface area contributed by atoms with Crippen molar-refractivity contribution in [3.05, 3.63) is 57.7 Å². The highest BCUT2D eigenvalue weighted by atomic mass is 16.6. The van der Waals surface area contributed by atoms with Crippen molar-refractivity contribution < 1.29 is 53.7 Å². The van der Waals surface area contributed by atoms with E-state index in [2.05, 4.69) is 5.32 Å². The summed E-state index contributed by atoms with van der Waals surface area (Å²) < 4.78 is 9.91. The fourth-order valence-corrected chi connectivity index (χ4v) is 9.02. The fourth-order valence-electron chi connectivity index (χ4n) is 9.02. The van der Waals surface area contributed by atoms with Gasteiger partial charge in [-0.25, -0.2) is 4.79 Å². The average molecular weight is 683 g/mol. The highest BCUT2D eigenvalue weighted by molar-refractivity contribution is 6.01. The Kier molecular flexibility index (Phi) is 9.86. The molecule has 5 rings (SSSR count). The maximum absolute atomic E-state index is 13.5. The lowest BCUT2D eigenvalue weighted by Gasteiger charge is -2.59. The van der Waals surface area contributed by atoms with Gasteiger partial charge in [0.05, 0.1) is 24.6 Å². The number of aromatic hydroxyl groups is 1. The van der Waals surface area contributed by atoms with Gasteiger partial charge in [-0.05, 0) is 67.7 Å². The second-order valence-corrected chi connectivity index (χ2v) is 14.1. The topological polar surface area (TPSA) is 220 Å². The standard InChI is InChI=1S/C35H42N2O12/c1-33-12-10-21(38)16-20(33)5-6-22-23-11-13-35(45,34(23,2)17-27(40)31(22)33)28(41)18-49-30(43)9-8-29(42)36-24(32(44)48-3)14-19-4-7-26(39)25(15-19)37(46)47/h4,7,10,12,15-16,22-24,27,31,39-40,45H,5-6,8-9,11,13-14,17-18H2,1-3H3,(H,36,42)/t22-,23-,24+,27-,31+,33-,34-,35+/m0/s1. The molecule has 49 heavy (non-hydrogen) atoms. The smallest absolute Gasteiger partial charge is 0.328 e. The Morgan fingerprint density at radius 2 is 1.90 bits per heavy atom. The number of nitro groups is 1. The van der Waals surface area contributed by atoms with E-state index in [-0.39, 0.29) is 48.4 Å². The molecule has 14 heteroatoms. The van der Waals surface area contributed by atoms with Crippen molar-refractivity contribution in [3.63, 3.8) is 0 Å². The first-order chi connectivity index (χ1) is 23.0. The quantitative estimate of drug-likeness (QED) is 0.150. The van der Waals surface area contributed by atoms with Crippen molar-refractivity contribution in [2.24, 2.45) is 28.6 Å². The summed E-state index contributed by atoms with van der Waals surface area (Å²) in [6.45, 7) is 3.13. The lowest BCUT2D eigenvalue weighted by molar-refractivity contribution is -0.385. The molecule has 8 atom stereocenters. The van der Waals surface area contributed by atoms with Crippen LogP contribution in [0.2, 0.25) is 0 Å². The van der Waals surface area contributed by atoms with Gasteiger partial charge >= 0.3 is 17.6 Å². The zero-order valence-corrected chi connectivity index (χ0v) is 27.7. The molecule has 0 aromatic heterocycles. The predicted molar refractivity (Wildman–Crippen MR) is 171 cm³/mol. The molecule has 0 heterocycles. The minimum absolute atomic E-state index is 0.00890.